The van der Waals surface area contributed by atoms with Crippen molar-refractivity contribution in [1.29, 1.82) is 0 Å². The zero-order chi connectivity index (χ0) is 27.5. The molecule has 0 saturated carbocycles. The van der Waals surface area contributed by atoms with E-state index < -0.39 is 23.7 Å². The van der Waals surface area contributed by atoms with E-state index in [9.17, 15) is 23.6 Å². The Morgan fingerprint density at radius 1 is 1.00 bits per heavy atom. The van der Waals surface area contributed by atoms with Crippen molar-refractivity contribution in [1.82, 2.24) is 9.88 Å². The maximum Gasteiger partial charge on any atom is 0.336 e. The number of benzene rings is 3. The molecule has 1 fully saturated rings. The molecule has 5 rings (SSSR count). The van der Waals surface area contributed by atoms with E-state index in [1.54, 1.807) is 66.2 Å². The number of rotatable bonds is 7. The molecular weight excluding hydrogens is 503 g/mol. The lowest BCUT2D eigenvalue weighted by Crippen LogP contribution is -2.54. The highest BCUT2D eigenvalue weighted by Gasteiger charge is 2.38. The summed E-state index contributed by atoms with van der Waals surface area (Å²) in [6.45, 7) is 2.02. The molecule has 5 amide bonds. The van der Waals surface area contributed by atoms with Gasteiger partial charge in [-0.05, 0) is 55.5 Å². The van der Waals surface area contributed by atoms with Crippen molar-refractivity contribution in [3.05, 3.63) is 95.9 Å². The smallest absolute Gasteiger partial charge is 0.336 e. The Balaban J connectivity index is 1.48. The zero-order valence-electron chi connectivity index (χ0n) is 20.8. The summed E-state index contributed by atoms with van der Waals surface area (Å²) in [5.74, 6) is -2.08. The summed E-state index contributed by atoms with van der Waals surface area (Å²) in [6, 6.07) is 18.3. The molecule has 10 heteroatoms. The SMILES string of the molecule is CCOc1ccccc1N1C(=O)NC(=O)/C(=C\c2cn(CC(=O)Nc3ccc(F)cc3)c3ccccc23)C1=O. The summed E-state index contributed by atoms with van der Waals surface area (Å²) in [5, 5.41) is 5.63. The quantitative estimate of drug-likeness (QED) is 0.273. The minimum atomic E-state index is -0.880. The predicted octanol–water partition coefficient (Wildman–Crippen LogP) is 4.48. The van der Waals surface area contributed by atoms with E-state index in [0.717, 1.165) is 4.90 Å². The number of carbonyl (C=O) groups excluding carboxylic acids is 4. The average molecular weight is 527 g/mol. The second-order valence-electron chi connectivity index (χ2n) is 8.64. The van der Waals surface area contributed by atoms with Crippen LogP contribution in [0.25, 0.3) is 17.0 Å². The average Bonchev–Trinajstić information content (AvgIpc) is 3.26. The Bertz CT molecular complexity index is 1640. The minimum absolute atomic E-state index is 0.0758. The number of hydrogen-bond donors (Lipinski definition) is 2. The Morgan fingerprint density at radius 3 is 2.49 bits per heavy atom. The van der Waals surface area contributed by atoms with Gasteiger partial charge in [0, 0.05) is 28.4 Å². The van der Waals surface area contributed by atoms with Gasteiger partial charge in [-0.3, -0.25) is 19.7 Å². The van der Waals surface area contributed by atoms with Crippen LogP contribution in [0.4, 0.5) is 20.6 Å². The van der Waals surface area contributed by atoms with Crippen LogP contribution in [0.5, 0.6) is 5.75 Å². The standard InChI is InChI=1S/C29H23FN4O5/c1-2-39-25-10-6-5-9-24(25)34-28(37)22(27(36)32-29(34)38)15-18-16-33(23-8-4-3-7-21(18)23)17-26(35)31-20-13-11-19(30)12-14-20/h3-16H,2,17H2,1H3,(H,31,35)(H,32,36,38)/b22-15+. The van der Waals surface area contributed by atoms with Crippen LogP contribution in [0.15, 0.2) is 84.6 Å². The summed E-state index contributed by atoms with van der Waals surface area (Å²) in [4.78, 5) is 52.5. The lowest BCUT2D eigenvalue weighted by atomic mass is 10.1. The number of halogens is 1. The first-order valence-electron chi connectivity index (χ1n) is 12.1. The van der Waals surface area contributed by atoms with Gasteiger partial charge in [-0.2, -0.15) is 0 Å². The van der Waals surface area contributed by atoms with E-state index in [2.05, 4.69) is 10.6 Å². The molecule has 9 nitrogen and oxygen atoms in total. The molecule has 39 heavy (non-hydrogen) atoms. The molecule has 1 aliphatic heterocycles. The number of hydrogen-bond acceptors (Lipinski definition) is 5. The van der Waals surface area contributed by atoms with Gasteiger partial charge in [0.2, 0.25) is 5.91 Å². The summed E-state index contributed by atoms with van der Waals surface area (Å²) >= 11 is 0. The Labute approximate surface area is 222 Å². The highest BCUT2D eigenvalue weighted by atomic mass is 19.1. The second kappa shape index (κ2) is 10.6. The number of para-hydroxylation sites is 3. The van der Waals surface area contributed by atoms with Gasteiger partial charge < -0.3 is 14.6 Å². The van der Waals surface area contributed by atoms with E-state index in [4.69, 9.17) is 4.74 Å². The van der Waals surface area contributed by atoms with Crippen molar-refractivity contribution in [3.63, 3.8) is 0 Å². The molecule has 1 aromatic heterocycles. The number of anilines is 2. The molecule has 0 bridgehead atoms. The molecule has 2 heterocycles. The van der Waals surface area contributed by atoms with Crippen LogP contribution in [0.1, 0.15) is 12.5 Å². The normalized spacial score (nSPS) is 14.6. The van der Waals surface area contributed by atoms with E-state index >= 15 is 0 Å². The van der Waals surface area contributed by atoms with E-state index in [-0.39, 0.29) is 23.7 Å². The third-order valence-electron chi connectivity index (χ3n) is 6.07. The number of urea groups is 1. The molecule has 196 valence electrons. The first-order chi connectivity index (χ1) is 18.9. The van der Waals surface area contributed by atoms with Crippen LogP contribution in [-0.4, -0.2) is 34.9 Å². The minimum Gasteiger partial charge on any atom is -0.492 e. The number of carbonyl (C=O) groups is 4. The molecule has 0 atom stereocenters. The monoisotopic (exact) mass is 526 g/mol. The van der Waals surface area contributed by atoms with E-state index in [0.29, 0.717) is 34.5 Å². The van der Waals surface area contributed by atoms with Gasteiger partial charge in [0.15, 0.2) is 0 Å². The molecule has 1 saturated heterocycles. The van der Waals surface area contributed by atoms with Gasteiger partial charge in [-0.15, -0.1) is 0 Å². The topological polar surface area (TPSA) is 110 Å². The Hall–Kier alpha value is -5.25. The fourth-order valence-corrected chi connectivity index (χ4v) is 4.36. The van der Waals surface area contributed by atoms with Crippen molar-refractivity contribution in [2.75, 3.05) is 16.8 Å². The Morgan fingerprint density at radius 2 is 1.72 bits per heavy atom. The fraction of sp³-hybridized carbons (Fsp3) is 0.103. The number of imide groups is 2. The molecular formula is C29H23FN4O5. The lowest BCUT2D eigenvalue weighted by molar-refractivity contribution is -0.122. The fourth-order valence-electron chi connectivity index (χ4n) is 4.36. The highest BCUT2D eigenvalue weighted by molar-refractivity contribution is 6.39. The second-order valence-corrected chi connectivity index (χ2v) is 8.64. The summed E-state index contributed by atoms with van der Waals surface area (Å²) in [7, 11) is 0. The first-order valence-corrected chi connectivity index (χ1v) is 12.1. The molecule has 2 N–H and O–H groups in total. The maximum absolute atomic E-state index is 13.5. The molecule has 0 radical (unpaired) electrons. The predicted molar refractivity (Wildman–Crippen MR) is 144 cm³/mol. The van der Waals surface area contributed by atoms with Crippen molar-refractivity contribution < 1.29 is 28.3 Å². The van der Waals surface area contributed by atoms with Crippen molar-refractivity contribution >= 4 is 52.1 Å². The van der Waals surface area contributed by atoms with Crippen LogP contribution in [-0.2, 0) is 20.9 Å². The van der Waals surface area contributed by atoms with Crippen molar-refractivity contribution in [3.8, 4) is 5.75 Å². The zero-order valence-corrected chi connectivity index (χ0v) is 20.8. The first kappa shape index (κ1) is 25.4. The molecule has 1 aliphatic rings. The third-order valence-corrected chi connectivity index (χ3v) is 6.07. The Kier molecular flexibility index (Phi) is 6.92. The number of barbiturate groups is 1. The van der Waals surface area contributed by atoms with Gasteiger partial charge >= 0.3 is 6.03 Å². The number of aromatic nitrogens is 1. The highest BCUT2D eigenvalue weighted by Crippen LogP contribution is 2.32. The molecule has 3 aromatic carbocycles. The van der Waals surface area contributed by atoms with Gasteiger partial charge in [-0.1, -0.05) is 30.3 Å². The van der Waals surface area contributed by atoms with E-state index in [1.165, 1.54) is 30.3 Å². The molecule has 0 aliphatic carbocycles. The molecule has 0 unspecified atom stereocenters. The van der Waals surface area contributed by atoms with Crippen LogP contribution in [0.3, 0.4) is 0 Å². The van der Waals surface area contributed by atoms with Crippen molar-refractivity contribution in [2.24, 2.45) is 0 Å². The van der Waals surface area contributed by atoms with Crippen LogP contribution in [0.2, 0.25) is 0 Å². The maximum atomic E-state index is 13.5. The van der Waals surface area contributed by atoms with Crippen molar-refractivity contribution in [2.45, 2.75) is 13.5 Å². The van der Waals surface area contributed by atoms with Gasteiger partial charge in [-0.25, -0.2) is 14.1 Å². The van der Waals surface area contributed by atoms with Crippen LogP contribution in [0, 0.1) is 5.82 Å². The number of ether oxygens (including phenoxy) is 1. The lowest BCUT2D eigenvalue weighted by Gasteiger charge is -2.27. The van der Waals surface area contributed by atoms with E-state index in [1.807, 2.05) is 0 Å². The summed E-state index contributed by atoms with van der Waals surface area (Å²) in [6.07, 6.45) is 3.05. The van der Waals surface area contributed by atoms with Gasteiger partial charge in [0.1, 0.15) is 23.7 Å². The van der Waals surface area contributed by atoms with Gasteiger partial charge in [0.25, 0.3) is 11.8 Å². The number of nitrogens with one attached hydrogen (secondary N) is 2. The summed E-state index contributed by atoms with van der Waals surface area (Å²) < 4.78 is 20.4. The largest absolute Gasteiger partial charge is 0.492 e. The van der Waals surface area contributed by atoms with Crippen LogP contribution >= 0.6 is 0 Å². The van der Waals surface area contributed by atoms with Crippen LogP contribution < -0.4 is 20.3 Å². The third kappa shape index (κ3) is 5.12. The molecule has 4 aromatic rings. The number of nitrogens with zero attached hydrogens (tertiary/aromatic N) is 2. The van der Waals surface area contributed by atoms with Gasteiger partial charge in [0.05, 0.1) is 12.3 Å². The summed E-state index contributed by atoms with van der Waals surface area (Å²) in [5.41, 5.74) is 1.60. The number of fused-ring (bicyclic) bond motifs is 1. The molecule has 0 spiro atoms. The number of amides is 5.